The van der Waals surface area contributed by atoms with Gasteiger partial charge in [0.1, 0.15) is 6.10 Å². The van der Waals surface area contributed by atoms with Gasteiger partial charge >= 0.3 is 0 Å². The average Bonchev–Trinajstić information content (AvgIpc) is 2.93. The second kappa shape index (κ2) is 8.45. The molecule has 3 atom stereocenters. The van der Waals surface area contributed by atoms with Crippen molar-refractivity contribution in [3.63, 3.8) is 0 Å². The highest BCUT2D eigenvalue weighted by atomic mass is 16.5. The van der Waals surface area contributed by atoms with E-state index in [-0.39, 0.29) is 6.10 Å². The molecule has 2 aliphatic rings. The Morgan fingerprint density at radius 3 is 2.88 bits per heavy atom. The third kappa shape index (κ3) is 4.19. The predicted molar refractivity (Wildman–Crippen MR) is 95.0 cm³/mol. The fourth-order valence-corrected chi connectivity index (χ4v) is 4.03. The Balaban J connectivity index is 1.69. The van der Waals surface area contributed by atoms with Crippen LogP contribution in [0.2, 0.25) is 0 Å². The van der Waals surface area contributed by atoms with Crippen LogP contribution in [0.15, 0.2) is 12.3 Å². The maximum Gasteiger partial charge on any atom is 0.103 e. The second-order valence-corrected chi connectivity index (χ2v) is 7.53. The maximum atomic E-state index is 6.21. The summed E-state index contributed by atoms with van der Waals surface area (Å²) in [5, 5.41) is 4.44. The standard InChI is InChI=1S/C19H33N3O2/c1-4-22-17(8-9-20-22)19-16(7-5-11-24-19)13-21-10-6-12-23-18(14-21)15(2)3/h8-9,15-16,18-19H,4-7,10-14H2,1-3H3/t16-,18?,19+/m0/s1. The van der Waals surface area contributed by atoms with Gasteiger partial charge in [0, 0.05) is 51.5 Å². The summed E-state index contributed by atoms with van der Waals surface area (Å²) in [7, 11) is 0. The Morgan fingerprint density at radius 2 is 2.08 bits per heavy atom. The summed E-state index contributed by atoms with van der Waals surface area (Å²) < 4.78 is 14.3. The average molecular weight is 335 g/mol. The van der Waals surface area contributed by atoms with Crippen molar-refractivity contribution in [1.82, 2.24) is 14.7 Å². The molecule has 0 amide bonds. The third-order valence-corrected chi connectivity index (χ3v) is 5.41. The van der Waals surface area contributed by atoms with Gasteiger partial charge in [0.05, 0.1) is 11.8 Å². The molecule has 0 saturated carbocycles. The van der Waals surface area contributed by atoms with Crippen molar-refractivity contribution in [3.05, 3.63) is 18.0 Å². The van der Waals surface area contributed by atoms with Gasteiger partial charge in [-0.2, -0.15) is 5.10 Å². The summed E-state index contributed by atoms with van der Waals surface area (Å²) in [6, 6.07) is 2.13. The lowest BCUT2D eigenvalue weighted by Gasteiger charge is -2.36. The van der Waals surface area contributed by atoms with Crippen molar-refractivity contribution in [2.75, 3.05) is 32.8 Å². The van der Waals surface area contributed by atoms with E-state index in [9.17, 15) is 0 Å². The SMILES string of the molecule is CCn1nccc1[C@@H]1OCCC[C@H]1CN1CCCOC(C(C)C)C1. The molecule has 0 N–H and O–H groups in total. The van der Waals surface area contributed by atoms with Gasteiger partial charge in [-0.1, -0.05) is 13.8 Å². The lowest BCUT2D eigenvalue weighted by atomic mass is 9.91. The van der Waals surface area contributed by atoms with Gasteiger partial charge in [-0.3, -0.25) is 4.68 Å². The normalized spacial score (nSPS) is 29.8. The molecule has 3 heterocycles. The van der Waals surface area contributed by atoms with Gasteiger partial charge in [0.25, 0.3) is 0 Å². The Labute approximate surface area is 146 Å². The van der Waals surface area contributed by atoms with E-state index in [0.29, 0.717) is 17.9 Å². The molecular formula is C19H33N3O2. The van der Waals surface area contributed by atoms with E-state index >= 15 is 0 Å². The van der Waals surface area contributed by atoms with Crippen LogP contribution >= 0.6 is 0 Å². The summed E-state index contributed by atoms with van der Waals surface area (Å²) in [5.41, 5.74) is 1.24. The molecular weight excluding hydrogens is 302 g/mol. The minimum absolute atomic E-state index is 0.183. The van der Waals surface area contributed by atoms with E-state index in [0.717, 1.165) is 45.8 Å². The van der Waals surface area contributed by atoms with Gasteiger partial charge in [-0.25, -0.2) is 0 Å². The van der Waals surface area contributed by atoms with Crippen molar-refractivity contribution in [1.29, 1.82) is 0 Å². The number of aryl methyl sites for hydroxylation is 1. The molecule has 0 aliphatic carbocycles. The van der Waals surface area contributed by atoms with Crippen LogP contribution in [0.4, 0.5) is 0 Å². The highest BCUT2D eigenvalue weighted by Gasteiger charge is 2.32. The summed E-state index contributed by atoms with van der Waals surface area (Å²) in [4.78, 5) is 2.61. The maximum absolute atomic E-state index is 6.21. The molecule has 2 fully saturated rings. The van der Waals surface area contributed by atoms with Gasteiger partial charge in [0.2, 0.25) is 0 Å². The Bertz CT molecular complexity index is 503. The quantitative estimate of drug-likeness (QED) is 0.829. The van der Waals surface area contributed by atoms with Crippen LogP contribution in [-0.4, -0.2) is 53.6 Å². The van der Waals surface area contributed by atoms with Crippen LogP contribution in [-0.2, 0) is 16.0 Å². The lowest BCUT2D eigenvalue weighted by molar-refractivity contribution is -0.0470. The topological polar surface area (TPSA) is 39.5 Å². The van der Waals surface area contributed by atoms with Crippen LogP contribution in [0.3, 0.4) is 0 Å². The molecule has 2 saturated heterocycles. The molecule has 3 rings (SSSR count). The van der Waals surface area contributed by atoms with E-state index < -0.39 is 0 Å². The van der Waals surface area contributed by atoms with E-state index in [1.54, 1.807) is 0 Å². The van der Waals surface area contributed by atoms with Gasteiger partial charge in [-0.15, -0.1) is 0 Å². The molecule has 2 aliphatic heterocycles. The molecule has 0 bridgehead atoms. The monoisotopic (exact) mass is 335 g/mol. The molecule has 0 aromatic carbocycles. The second-order valence-electron chi connectivity index (χ2n) is 7.53. The fourth-order valence-electron chi connectivity index (χ4n) is 4.03. The van der Waals surface area contributed by atoms with Crippen LogP contribution in [0, 0.1) is 11.8 Å². The van der Waals surface area contributed by atoms with Crippen molar-refractivity contribution in [2.45, 2.75) is 58.8 Å². The highest BCUT2D eigenvalue weighted by molar-refractivity contribution is 5.07. The minimum Gasteiger partial charge on any atom is -0.377 e. The molecule has 24 heavy (non-hydrogen) atoms. The molecule has 0 spiro atoms. The van der Waals surface area contributed by atoms with Crippen molar-refractivity contribution >= 4 is 0 Å². The van der Waals surface area contributed by atoms with Crippen molar-refractivity contribution in [3.8, 4) is 0 Å². The number of ether oxygens (including phenoxy) is 2. The molecule has 1 unspecified atom stereocenters. The zero-order chi connectivity index (χ0) is 16.9. The zero-order valence-electron chi connectivity index (χ0n) is 15.5. The van der Waals surface area contributed by atoms with Crippen molar-refractivity contribution < 1.29 is 9.47 Å². The Morgan fingerprint density at radius 1 is 1.25 bits per heavy atom. The first-order valence-corrected chi connectivity index (χ1v) is 9.66. The van der Waals surface area contributed by atoms with Crippen LogP contribution in [0.25, 0.3) is 0 Å². The highest BCUT2D eigenvalue weighted by Crippen LogP contribution is 2.34. The first-order valence-electron chi connectivity index (χ1n) is 9.66. The number of aromatic nitrogens is 2. The summed E-state index contributed by atoms with van der Waals surface area (Å²) >= 11 is 0. The fraction of sp³-hybridized carbons (Fsp3) is 0.842. The molecule has 1 aromatic rings. The number of nitrogens with zero attached hydrogens (tertiary/aromatic N) is 3. The largest absolute Gasteiger partial charge is 0.377 e. The smallest absolute Gasteiger partial charge is 0.103 e. The lowest BCUT2D eigenvalue weighted by Crippen LogP contribution is -2.40. The van der Waals surface area contributed by atoms with Crippen LogP contribution in [0.5, 0.6) is 0 Å². The first kappa shape index (κ1) is 17.9. The minimum atomic E-state index is 0.183. The van der Waals surface area contributed by atoms with E-state index in [1.165, 1.54) is 18.5 Å². The molecule has 1 aromatic heterocycles. The summed E-state index contributed by atoms with van der Waals surface area (Å²) in [5.74, 6) is 1.12. The number of rotatable bonds is 5. The molecule has 0 radical (unpaired) electrons. The zero-order valence-corrected chi connectivity index (χ0v) is 15.5. The Kier molecular flexibility index (Phi) is 6.31. The van der Waals surface area contributed by atoms with Gasteiger partial charge in [0.15, 0.2) is 0 Å². The number of hydrogen-bond acceptors (Lipinski definition) is 4. The van der Waals surface area contributed by atoms with E-state index in [2.05, 4.69) is 41.5 Å². The van der Waals surface area contributed by atoms with Crippen molar-refractivity contribution in [2.24, 2.45) is 11.8 Å². The molecule has 136 valence electrons. The van der Waals surface area contributed by atoms with Crippen LogP contribution in [0.1, 0.15) is 51.8 Å². The van der Waals surface area contributed by atoms with Crippen LogP contribution < -0.4 is 0 Å². The van der Waals surface area contributed by atoms with Gasteiger partial charge in [-0.05, 0) is 38.2 Å². The van der Waals surface area contributed by atoms with E-state index in [4.69, 9.17) is 9.47 Å². The third-order valence-electron chi connectivity index (χ3n) is 5.41. The predicted octanol–water partition coefficient (Wildman–Crippen LogP) is 3.12. The molecule has 5 nitrogen and oxygen atoms in total. The molecule has 5 heteroatoms. The summed E-state index contributed by atoms with van der Waals surface area (Å²) in [6.07, 6.45) is 5.99. The van der Waals surface area contributed by atoms with Gasteiger partial charge < -0.3 is 14.4 Å². The first-order chi connectivity index (χ1) is 11.7. The van der Waals surface area contributed by atoms with E-state index in [1.807, 2.05) is 6.20 Å². The Hall–Kier alpha value is -0.910. The number of hydrogen-bond donors (Lipinski definition) is 0. The summed E-state index contributed by atoms with van der Waals surface area (Å²) in [6.45, 7) is 12.6.